The van der Waals surface area contributed by atoms with E-state index in [2.05, 4.69) is 20.8 Å². The van der Waals surface area contributed by atoms with Gasteiger partial charge in [-0.05, 0) is 70.6 Å². The van der Waals surface area contributed by atoms with Gasteiger partial charge in [-0.1, -0.05) is 11.6 Å². The Kier molecular flexibility index (Phi) is 4.93. The van der Waals surface area contributed by atoms with Gasteiger partial charge in [0.15, 0.2) is 5.82 Å². The van der Waals surface area contributed by atoms with E-state index in [9.17, 15) is 9.59 Å². The number of carbonyl (C=O) groups is 2. The van der Waals surface area contributed by atoms with E-state index in [-0.39, 0.29) is 28.9 Å². The number of aromatic nitrogens is 4. The Morgan fingerprint density at radius 2 is 1.81 bits per heavy atom. The van der Waals surface area contributed by atoms with Crippen LogP contribution in [0.15, 0.2) is 18.6 Å². The Balaban J connectivity index is 1.42. The van der Waals surface area contributed by atoms with Crippen LogP contribution in [0.5, 0.6) is 0 Å². The van der Waals surface area contributed by atoms with Gasteiger partial charge in [0.05, 0.1) is 29.2 Å². The molecule has 4 aliphatic carbocycles. The van der Waals surface area contributed by atoms with E-state index in [1.807, 2.05) is 25.5 Å². The third-order valence-corrected chi connectivity index (χ3v) is 7.60. The summed E-state index contributed by atoms with van der Waals surface area (Å²) in [7, 11) is 0. The molecule has 4 saturated carbocycles. The van der Waals surface area contributed by atoms with Gasteiger partial charge >= 0.3 is 0 Å². The zero-order valence-corrected chi connectivity index (χ0v) is 19.8. The highest BCUT2D eigenvalue weighted by atomic mass is 35.5. The van der Waals surface area contributed by atoms with Crippen molar-refractivity contribution in [1.29, 1.82) is 0 Å². The standard InChI is InChI=1S/C23H31ClN6O2/c1-13(31)28-23-7-14-5-15(8-23)19(16(6-14)9-23)27-20(32)18-11-26-30(22(2,3)4)21(18)29-12-17(24)10-25-29/h10-12,14-16,19H,5-9H2,1-4H3,(H,27,32)(H,28,31)/t14?,15-,16-,19?,23?/m0/s1. The van der Waals surface area contributed by atoms with Gasteiger partial charge in [-0.3, -0.25) is 9.59 Å². The van der Waals surface area contributed by atoms with E-state index < -0.39 is 0 Å². The molecule has 172 valence electrons. The van der Waals surface area contributed by atoms with Crippen molar-refractivity contribution < 1.29 is 9.59 Å². The van der Waals surface area contributed by atoms with E-state index in [4.69, 9.17) is 11.6 Å². The molecule has 6 rings (SSSR count). The summed E-state index contributed by atoms with van der Waals surface area (Å²) in [6.07, 6.45) is 10.1. The molecule has 2 atom stereocenters. The Morgan fingerprint density at radius 1 is 1.12 bits per heavy atom. The zero-order chi connectivity index (χ0) is 22.8. The highest BCUT2D eigenvalue weighted by Crippen LogP contribution is 2.55. The average molecular weight is 459 g/mol. The highest BCUT2D eigenvalue weighted by molar-refractivity contribution is 6.30. The fourth-order valence-corrected chi connectivity index (χ4v) is 6.78. The molecule has 9 heteroatoms. The summed E-state index contributed by atoms with van der Waals surface area (Å²) in [5, 5.41) is 16.0. The third kappa shape index (κ3) is 3.62. The molecule has 32 heavy (non-hydrogen) atoms. The summed E-state index contributed by atoms with van der Waals surface area (Å²) in [6.45, 7) is 7.72. The van der Waals surface area contributed by atoms with Crippen LogP contribution < -0.4 is 10.6 Å². The Morgan fingerprint density at radius 3 is 2.38 bits per heavy atom. The second-order valence-corrected chi connectivity index (χ2v) is 11.4. The number of amides is 2. The van der Waals surface area contributed by atoms with Crippen molar-refractivity contribution in [3.63, 3.8) is 0 Å². The lowest BCUT2D eigenvalue weighted by molar-refractivity contribution is -0.125. The molecule has 4 fully saturated rings. The van der Waals surface area contributed by atoms with Gasteiger partial charge in [0.2, 0.25) is 5.91 Å². The van der Waals surface area contributed by atoms with Gasteiger partial charge in [0.1, 0.15) is 5.56 Å². The van der Waals surface area contributed by atoms with Crippen LogP contribution in [0.4, 0.5) is 0 Å². The topological polar surface area (TPSA) is 93.8 Å². The second-order valence-electron chi connectivity index (χ2n) is 11.0. The summed E-state index contributed by atoms with van der Waals surface area (Å²) in [4.78, 5) is 25.3. The largest absolute Gasteiger partial charge is 0.351 e. The number of nitrogens with one attached hydrogen (secondary N) is 2. The zero-order valence-electron chi connectivity index (χ0n) is 19.1. The molecule has 0 radical (unpaired) electrons. The van der Waals surface area contributed by atoms with Crippen LogP contribution in [-0.4, -0.2) is 43.0 Å². The number of rotatable bonds is 4. The van der Waals surface area contributed by atoms with Crippen LogP contribution in [0.25, 0.3) is 5.82 Å². The molecule has 2 heterocycles. The first-order valence-corrected chi connectivity index (χ1v) is 11.8. The summed E-state index contributed by atoms with van der Waals surface area (Å²) in [6, 6.07) is 0.118. The number of hydrogen-bond acceptors (Lipinski definition) is 4. The van der Waals surface area contributed by atoms with Crippen molar-refractivity contribution in [2.24, 2.45) is 17.8 Å². The summed E-state index contributed by atoms with van der Waals surface area (Å²) in [5.74, 6) is 1.94. The van der Waals surface area contributed by atoms with Crippen LogP contribution in [0.1, 0.15) is 70.2 Å². The normalized spacial score (nSPS) is 31.0. The van der Waals surface area contributed by atoms with Gasteiger partial charge in [0, 0.05) is 18.5 Å². The molecule has 4 aliphatic rings. The molecule has 0 spiro atoms. The lowest BCUT2D eigenvalue weighted by Crippen LogP contribution is -2.66. The van der Waals surface area contributed by atoms with Crippen molar-refractivity contribution in [3.05, 3.63) is 29.2 Å². The predicted molar refractivity (Wildman–Crippen MR) is 121 cm³/mol. The van der Waals surface area contributed by atoms with Crippen molar-refractivity contribution >= 4 is 23.4 Å². The quantitative estimate of drug-likeness (QED) is 0.735. The van der Waals surface area contributed by atoms with E-state index >= 15 is 0 Å². The monoisotopic (exact) mass is 458 g/mol. The van der Waals surface area contributed by atoms with Crippen molar-refractivity contribution in [3.8, 4) is 5.82 Å². The molecule has 2 amide bonds. The molecule has 2 aromatic rings. The molecule has 4 bridgehead atoms. The number of nitrogens with zero attached hydrogens (tertiary/aromatic N) is 4. The lowest BCUT2D eigenvalue weighted by Gasteiger charge is -2.60. The van der Waals surface area contributed by atoms with Gasteiger partial charge in [-0.2, -0.15) is 10.2 Å². The summed E-state index contributed by atoms with van der Waals surface area (Å²) < 4.78 is 3.44. The molecule has 8 nitrogen and oxygen atoms in total. The van der Waals surface area contributed by atoms with Crippen molar-refractivity contribution in [2.75, 3.05) is 0 Å². The van der Waals surface area contributed by atoms with E-state index in [0.29, 0.717) is 34.2 Å². The SMILES string of the molecule is CC(=O)NC12CC3C[C@@H](C1)C(NC(=O)c1cnn(C(C)(C)C)c1-n1cc(Cl)cn1)[C@@H](C3)C2. The van der Waals surface area contributed by atoms with E-state index in [1.54, 1.807) is 30.2 Å². The molecular weight excluding hydrogens is 428 g/mol. The Bertz CT molecular complexity index is 1050. The highest BCUT2D eigenvalue weighted by Gasteiger charge is 2.56. The average Bonchev–Trinajstić information content (AvgIpc) is 3.28. The molecule has 0 unspecified atom stereocenters. The number of carbonyl (C=O) groups excluding carboxylic acids is 2. The molecule has 2 aromatic heterocycles. The van der Waals surface area contributed by atoms with E-state index in [1.165, 1.54) is 0 Å². The maximum absolute atomic E-state index is 13.5. The Labute approximate surface area is 193 Å². The summed E-state index contributed by atoms with van der Waals surface area (Å²) in [5.41, 5.74) is 0.0715. The van der Waals surface area contributed by atoms with E-state index in [0.717, 1.165) is 32.1 Å². The van der Waals surface area contributed by atoms with Crippen molar-refractivity contribution in [1.82, 2.24) is 30.2 Å². The molecule has 0 aromatic carbocycles. The number of halogens is 1. The smallest absolute Gasteiger partial charge is 0.256 e. The molecule has 0 saturated heterocycles. The van der Waals surface area contributed by atoms with Crippen LogP contribution in [0.2, 0.25) is 5.02 Å². The first-order valence-electron chi connectivity index (χ1n) is 11.4. The first-order chi connectivity index (χ1) is 15.0. The minimum atomic E-state index is -0.334. The number of hydrogen-bond donors (Lipinski definition) is 2. The van der Waals surface area contributed by atoms with Crippen LogP contribution in [0.3, 0.4) is 0 Å². The molecule has 0 aliphatic heterocycles. The third-order valence-electron chi connectivity index (χ3n) is 7.40. The van der Waals surface area contributed by atoms with Crippen LogP contribution >= 0.6 is 11.6 Å². The van der Waals surface area contributed by atoms with Gasteiger partial charge in [-0.15, -0.1) is 0 Å². The lowest BCUT2D eigenvalue weighted by atomic mass is 9.51. The maximum atomic E-state index is 13.5. The Hall–Kier alpha value is -2.35. The minimum Gasteiger partial charge on any atom is -0.351 e. The van der Waals surface area contributed by atoms with Crippen molar-refractivity contribution in [2.45, 2.75) is 76.9 Å². The van der Waals surface area contributed by atoms with Crippen LogP contribution in [-0.2, 0) is 10.3 Å². The summed E-state index contributed by atoms with van der Waals surface area (Å²) >= 11 is 6.12. The molecule has 2 N–H and O–H groups in total. The fourth-order valence-electron chi connectivity index (χ4n) is 6.65. The molecular formula is C23H31ClN6O2. The fraction of sp³-hybridized carbons (Fsp3) is 0.652. The van der Waals surface area contributed by atoms with Crippen LogP contribution in [0, 0.1) is 17.8 Å². The minimum absolute atomic E-state index is 0.0460. The van der Waals surface area contributed by atoms with Gasteiger partial charge < -0.3 is 10.6 Å². The second kappa shape index (κ2) is 7.33. The van der Waals surface area contributed by atoms with Gasteiger partial charge in [0.25, 0.3) is 5.91 Å². The maximum Gasteiger partial charge on any atom is 0.256 e. The first kappa shape index (κ1) is 21.5. The predicted octanol–water partition coefficient (Wildman–Crippen LogP) is 3.29. The van der Waals surface area contributed by atoms with Gasteiger partial charge in [-0.25, -0.2) is 9.36 Å².